The minimum absolute atomic E-state index is 0.0796. The molecule has 2 aromatic carbocycles. The van der Waals surface area contributed by atoms with Crippen molar-refractivity contribution in [3.8, 4) is 11.5 Å². The first-order chi connectivity index (χ1) is 18.2. The normalized spacial score (nSPS) is 16.3. The molecule has 2 heterocycles. The highest BCUT2D eigenvalue weighted by molar-refractivity contribution is 5.84. The minimum atomic E-state index is -1.71. The van der Waals surface area contributed by atoms with Crippen molar-refractivity contribution in [1.82, 2.24) is 15.4 Å². The van der Waals surface area contributed by atoms with Gasteiger partial charge in [-0.2, -0.15) is 0 Å². The Labute approximate surface area is 217 Å². The second kappa shape index (κ2) is 12.0. The van der Waals surface area contributed by atoms with Crippen LogP contribution in [0.5, 0.6) is 11.5 Å². The van der Waals surface area contributed by atoms with Crippen LogP contribution in [0.4, 0.5) is 17.6 Å². The number of rotatable bonds is 10. The van der Waals surface area contributed by atoms with E-state index in [9.17, 15) is 23.2 Å². The van der Waals surface area contributed by atoms with Crippen molar-refractivity contribution in [2.45, 2.75) is 31.9 Å². The van der Waals surface area contributed by atoms with Crippen LogP contribution >= 0.6 is 0 Å². The Morgan fingerprint density at radius 1 is 1.13 bits per heavy atom. The lowest BCUT2D eigenvalue weighted by atomic mass is 9.73. The number of hydroxylamine groups is 1. The molecule has 1 amide bonds. The van der Waals surface area contributed by atoms with E-state index in [-0.39, 0.29) is 30.8 Å². The number of fused-ring (bicyclic) bond motifs is 1. The average molecular weight is 536 g/mol. The van der Waals surface area contributed by atoms with E-state index in [2.05, 4.69) is 4.98 Å². The number of carbonyl (C=O) groups excluding carboxylic acids is 1. The fraction of sp³-hybridized carbons (Fsp3) is 0.407. The van der Waals surface area contributed by atoms with Crippen LogP contribution in [0.3, 0.4) is 0 Å². The topological polar surface area (TPSA) is 83.9 Å². The Morgan fingerprint density at radius 3 is 2.50 bits per heavy atom. The summed E-state index contributed by atoms with van der Waals surface area (Å²) in [4.78, 5) is 18.7. The number of ether oxygens (including phenoxy) is 2. The highest BCUT2D eigenvalue weighted by atomic mass is 19.1. The number of methoxy groups -OCH3 is 1. The maximum Gasteiger partial charge on any atom is 0.249 e. The number of halogens is 4. The highest BCUT2D eigenvalue weighted by Crippen LogP contribution is 2.41. The van der Waals surface area contributed by atoms with Gasteiger partial charge >= 0.3 is 0 Å². The fourth-order valence-corrected chi connectivity index (χ4v) is 4.98. The number of hydrogen-bond acceptors (Lipinski definition) is 6. The van der Waals surface area contributed by atoms with Gasteiger partial charge < -0.3 is 9.47 Å². The molecule has 4 rings (SSSR count). The summed E-state index contributed by atoms with van der Waals surface area (Å²) >= 11 is 0. The summed E-state index contributed by atoms with van der Waals surface area (Å²) in [5.41, 5.74) is 0.945. The van der Waals surface area contributed by atoms with Gasteiger partial charge in [-0.25, -0.2) is 23.0 Å². The molecule has 1 atom stereocenters. The van der Waals surface area contributed by atoms with E-state index in [1.807, 2.05) is 4.90 Å². The Balaban J connectivity index is 1.39. The van der Waals surface area contributed by atoms with E-state index in [0.717, 1.165) is 24.4 Å². The Bertz CT molecular complexity index is 1260. The first-order valence-corrected chi connectivity index (χ1v) is 12.3. The molecule has 0 radical (unpaired) electrons. The van der Waals surface area contributed by atoms with Crippen LogP contribution in [0.1, 0.15) is 37.4 Å². The third kappa shape index (κ3) is 6.16. The summed E-state index contributed by atoms with van der Waals surface area (Å²) < 4.78 is 67.5. The Hall–Kier alpha value is -3.44. The van der Waals surface area contributed by atoms with Gasteiger partial charge in [-0.05, 0) is 57.0 Å². The summed E-state index contributed by atoms with van der Waals surface area (Å²) in [6, 6.07) is 7.74. The van der Waals surface area contributed by atoms with Gasteiger partial charge in [0.05, 0.1) is 24.2 Å². The molecular weight excluding hydrogens is 506 g/mol. The van der Waals surface area contributed by atoms with E-state index in [1.54, 1.807) is 17.6 Å². The first-order valence-electron chi connectivity index (χ1n) is 12.3. The predicted octanol–water partition coefficient (Wildman–Crippen LogP) is 5.12. The minimum Gasteiger partial charge on any atom is -0.497 e. The number of piperidine rings is 1. The van der Waals surface area contributed by atoms with Gasteiger partial charge in [0.25, 0.3) is 0 Å². The first kappa shape index (κ1) is 27.6. The summed E-state index contributed by atoms with van der Waals surface area (Å²) in [6.45, 7) is 1.52. The monoisotopic (exact) mass is 535 g/mol. The molecule has 1 aromatic heterocycles. The van der Waals surface area contributed by atoms with Crippen molar-refractivity contribution in [3.05, 3.63) is 65.6 Å². The number of nitrogens with zero attached hydrogens (tertiary/aromatic N) is 2. The second-order valence-electron chi connectivity index (χ2n) is 9.43. The molecule has 2 N–H and O–H groups in total. The zero-order valence-corrected chi connectivity index (χ0v) is 20.9. The smallest absolute Gasteiger partial charge is 0.249 e. The van der Waals surface area contributed by atoms with E-state index >= 15 is 4.39 Å². The van der Waals surface area contributed by atoms with E-state index < -0.39 is 34.9 Å². The number of likely N-dealkylation sites (tertiary alicyclic amines) is 1. The lowest BCUT2D eigenvalue weighted by Crippen LogP contribution is -2.49. The predicted molar refractivity (Wildman–Crippen MR) is 131 cm³/mol. The molecule has 0 bridgehead atoms. The molecule has 7 nitrogen and oxygen atoms in total. The van der Waals surface area contributed by atoms with Crippen molar-refractivity contribution in [2.24, 2.45) is 5.41 Å². The van der Waals surface area contributed by atoms with Crippen molar-refractivity contribution in [3.63, 3.8) is 0 Å². The van der Waals surface area contributed by atoms with Crippen LogP contribution in [-0.4, -0.2) is 54.3 Å². The Kier molecular flexibility index (Phi) is 8.68. The van der Waals surface area contributed by atoms with Crippen LogP contribution < -0.4 is 15.0 Å². The quantitative estimate of drug-likeness (QED) is 0.213. The number of aromatic nitrogens is 1. The van der Waals surface area contributed by atoms with Crippen LogP contribution in [0.25, 0.3) is 10.9 Å². The molecule has 3 aromatic rings. The summed E-state index contributed by atoms with van der Waals surface area (Å²) in [7, 11) is 1.46. The maximum atomic E-state index is 15.5. The third-order valence-electron chi connectivity index (χ3n) is 7.17. The molecule has 1 aliphatic heterocycles. The molecule has 1 aliphatic rings. The molecule has 0 saturated carbocycles. The number of nitrogens with one attached hydrogen (secondary N) is 1. The lowest BCUT2D eigenvalue weighted by molar-refractivity contribution is -0.143. The van der Waals surface area contributed by atoms with Gasteiger partial charge in [0, 0.05) is 35.7 Å². The van der Waals surface area contributed by atoms with Crippen molar-refractivity contribution in [2.75, 3.05) is 33.4 Å². The van der Waals surface area contributed by atoms with E-state index in [1.165, 1.54) is 13.2 Å². The van der Waals surface area contributed by atoms with Gasteiger partial charge in [0.2, 0.25) is 5.91 Å². The van der Waals surface area contributed by atoms with Gasteiger partial charge in [-0.1, -0.05) is 0 Å². The molecule has 0 aliphatic carbocycles. The third-order valence-corrected chi connectivity index (χ3v) is 7.17. The lowest BCUT2D eigenvalue weighted by Gasteiger charge is -2.40. The van der Waals surface area contributed by atoms with Gasteiger partial charge in [-0.3, -0.25) is 19.9 Å². The number of amides is 1. The molecule has 204 valence electrons. The van der Waals surface area contributed by atoms with Crippen LogP contribution in [0, 0.1) is 22.9 Å². The van der Waals surface area contributed by atoms with Crippen LogP contribution in [0.15, 0.2) is 42.6 Å². The summed E-state index contributed by atoms with van der Waals surface area (Å²) in [5.74, 6) is -2.35. The molecule has 1 unspecified atom stereocenters. The molecule has 11 heteroatoms. The largest absolute Gasteiger partial charge is 0.497 e. The zero-order chi connectivity index (χ0) is 27.3. The molecule has 0 spiro atoms. The SMILES string of the molecule is COc1ccc2ncc(F)c(C(F)CCC3(C(=O)NO)CCN(CCOc4cc(F)cc(F)c4)CC3)c2c1. The van der Waals surface area contributed by atoms with Crippen molar-refractivity contribution >= 4 is 16.8 Å². The average Bonchev–Trinajstić information content (AvgIpc) is 2.91. The standard InChI is InChI=1S/C27H29F4N3O4/c1-37-19-2-3-24-21(15-19)25(23(31)16-32-24)22(30)4-5-27(26(35)33-36)6-8-34(9-7-27)10-11-38-20-13-17(28)12-18(29)14-20/h2-3,12-16,22,36H,4-11H2,1H3,(H,33,35). The Morgan fingerprint density at radius 2 is 1.84 bits per heavy atom. The number of hydrogen-bond donors (Lipinski definition) is 2. The molecular formula is C27H29F4N3O4. The van der Waals surface area contributed by atoms with Gasteiger partial charge in [0.1, 0.15) is 41.7 Å². The second-order valence-corrected chi connectivity index (χ2v) is 9.43. The summed E-state index contributed by atoms with van der Waals surface area (Å²) in [5, 5.41) is 9.68. The van der Waals surface area contributed by atoms with E-state index in [4.69, 9.17) is 9.47 Å². The summed E-state index contributed by atoms with van der Waals surface area (Å²) in [6.07, 6.45) is -0.141. The number of pyridine rings is 1. The van der Waals surface area contributed by atoms with Crippen molar-refractivity contribution in [1.29, 1.82) is 0 Å². The fourth-order valence-electron chi connectivity index (χ4n) is 4.98. The van der Waals surface area contributed by atoms with Crippen LogP contribution in [-0.2, 0) is 4.79 Å². The van der Waals surface area contributed by atoms with Gasteiger partial charge in [0.15, 0.2) is 0 Å². The number of carbonyl (C=O) groups is 1. The molecule has 1 fully saturated rings. The van der Waals surface area contributed by atoms with E-state index in [0.29, 0.717) is 49.1 Å². The van der Waals surface area contributed by atoms with Crippen LogP contribution in [0.2, 0.25) is 0 Å². The maximum absolute atomic E-state index is 15.5. The highest BCUT2D eigenvalue weighted by Gasteiger charge is 2.41. The zero-order valence-electron chi connectivity index (χ0n) is 20.9. The molecule has 1 saturated heterocycles. The van der Waals surface area contributed by atoms with Crippen molar-refractivity contribution < 1.29 is 37.0 Å². The molecule has 38 heavy (non-hydrogen) atoms. The van der Waals surface area contributed by atoms with Gasteiger partial charge in [-0.15, -0.1) is 0 Å². The number of benzene rings is 2. The number of alkyl halides is 1.